The Balaban J connectivity index is 2.07. The fourth-order valence-corrected chi connectivity index (χ4v) is 2.24. The largest absolute Gasteiger partial charge is 0.497 e. The van der Waals surface area contributed by atoms with Crippen LogP contribution in [0.2, 0.25) is 0 Å². The maximum Gasteiger partial charge on any atom is 0.271 e. The summed E-state index contributed by atoms with van der Waals surface area (Å²) < 4.78 is 5.27. The van der Waals surface area contributed by atoms with Gasteiger partial charge in [0.2, 0.25) is 0 Å². The van der Waals surface area contributed by atoms with Crippen molar-refractivity contribution in [2.24, 2.45) is 0 Å². The average Bonchev–Trinajstić information content (AvgIpc) is 2.55. The number of hydrogen-bond acceptors (Lipinski definition) is 5. The molecule has 0 spiro atoms. The number of amides is 1. The molecular weight excluding hydrogens is 292 g/mol. The van der Waals surface area contributed by atoms with Crippen LogP contribution in [0.1, 0.15) is 27.8 Å². The molecule has 1 atom stereocenters. The van der Waals surface area contributed by atoms with E-state index in [4.69, 9.17) is 4.74 Å². The number of nitrogens with one attached hydrogen (secondary N) is 1. The first-order valence-corrected chi connectivity index (χ1v) is 7.38. The summed E-state index contributed by atoms with van der Waals surface area (Å²) in [6.07, 6.45) is 3.07. The molecule has 122 valence electrons. The number of aromatic nitrogens is 2. The van der Waals surface area contributed by atoms with E-state index in [-0.39, 0.29) is 11.9 Å². The molecule has 0 aliphatic heterocycles. The van der Waals surface area contributed by atoms with Crippen molar-refractivity contribution in [3.05, 3.63) is 53.6 Å². The summed E-state index contributed by atoms with van der Waals surface area (Å²) in [6, 6.07) is 7.87. The Bertz CT molecular complexity index is 656. The quantitative estimate of drug-likeness (QED) is 0.881. The second-order valence-corrected chi connectivity index (χ2v) is 5.51. The summed E-state index contributed by atoms with van der Waals surface area (Å²) in [5.41, 5.74) is 2.17. The number of hydrogen-bond donors (Lipinski definition) is 1. The zero-order chi connectivity index (χ0) is 16.8. The third kappa shape index (κ3) is 4.50. The molecule has 0 bridgehead atoms. The summed E-state index contributed by atoms with van der Waals surface area (Å²) in [5.74, 6) is 0.567. The van der Waals surface area contributed by atoms with E-state index in [1.165, 1.54) is 6.20 Å². The molecule has 1 aromatic carbocycles. The van der Waals surface area contributed by atoms with Gasteiger partial charge in [0.25, 0.3) is 5.91 Å². The van der Waals surface area contributed by atoms with Crippen molar-refractivity contribution in [3.8, 4) is 5.75 Å². The fraction of sp³-hybridized carbons (Fsp3) is 0.353. The van der Waals surface area contributed by atoms with Crippen LogP contribution >= 0.6 is 0 Å². The summed E-state index contributed by atoms with van der Waals surface area (Å²) in [6.45, 7) is 2.30. The Labute approximate surface area is 136 Å². The van der Waals surface area contributed by atoms with Gasteiger partial charge in [-0.15, -0.1) is 0 Å². The van der Waals surface area contributed by atoms with Crippen molar-refractivity contribution < 1.29 is 9.53 Å². The molecule has 0 fully saturated rings. The second-order valence-electron chi connectivity index (χ2n) is 5.51. The van der Waals surface area contributed by atoms with Gasteiger partial charge in [0.15, 0.2) is 0 Å². The third-order valence-electron chi connectivity index (χ3n) is 3.57. The topological polar surface area (TPSA) is 67.3 Å². The van der Waals surface area contributed by atoms with Gasteiger partial charge in [-0.1, -0.05) is 12.1 Å². The molecule has 1 unspecified atom stereocenters. The Morgan fingerprint density at radius 2 is 2.09 bits per heavy atom. The van der Waals surface area contributed by atoms with Crippen LogP contribution < -0.4 is 10.1 Å². The highest BCUT2D eigenvalue weighted by Gasteiger charge is 2.17. The van der Waals surface area contributed by atoms with Crippen LogP contribution in [0.3, 0.4) is 0 Å². The SMILES string of the molecule is COc1cccc(C(CNC(=O)c2cnc(C)cn2)N(C)C)c1. The second kappa shape index (κ2) is 7.69. The Morgan fingerprint density at radius 3 is 2.70 bits per heavy atom. The monoisotopic (exact) mass is 314 g/mol. The molecule has 1 aromatic heterocycles. The first-order valence-electron chi connectivity index (χ1n) is 7.38. The van der Waals surface area contributed by atoms with Gasteiger partial charge >= 0.3 is 0 Å². The number of methoxy groups -OCH3 is 1. The van der Waals surface area contributed by atoms with E-state index < -0.39 is 0 Å². The standard InChI is InChI=1S/C17H22N4O2/c1-12-9-19-15(10-18-12)17(22)20-11-16(21(2)3)13-6-5-7-14(8-13)23-4/h5-10,16H,11H2,1-4H3,(H,20,22). The van der Waals surface area contributed by atoms with Gasteiger partial charge in [-0.05, 0) is 38.7 Å². The van der Waals surface area contributed by atoms with Crippen LogP contribution in [0.4, 0.5) is 0 Å². The molecule has 2 aromatic rings. The van der Waals surface area contributed by atoms with Gasteiger partial charge in [0.05, 0.1) is 25.0 Å². The van der Waals surface area contributed by atoms with Gasteiger partial charge in [-0.3, -0.25) is 9.78 Å². The minimum Gasteiger partial charge on any atom is -0.497 e. The normalized spacial score (nSPS) is 12.0. The van der Waals surface area contributed by atoms with Gasteiger partial charge in [0.1, 0.15) is 11.4 Å². The van der Waals surface area contributed by atoms with Crippen molar-refractivity contribution in [2.45, 2.75) is 13.0 Å². The first-order chi connectivity index (χ1) is 11.0. The average molecular weight is 314 g/mol. The van der Waals surface area contributed by atoms with E-state index in [9.17, 15) is 4.79 Å². The Hall–Kier alpha value is -2.47. The van der Waals surface area contributed by atoms with Crippen LogP contribution in [0, 0.1) is 6.92 Å². The van der Waals surface area contributed by atoms with Gasteiger partial charge in [0, 0.05) is 12.7 Å². The Kier molecular flexibility index (Phi) is 5.65. The van der Waals surface area contributed by atoms with Gasteiger partial charge < -0.3 is 15.0 Å². The van der Waals surface area contributed by atoms with E-state index in [0.717, 1.165) is 17.0 Å². The van der Waals surface area contributed by atoms with Crippen molar-refractivity contribution >= 4 is 5.91 Å². The minimum atomic E-state index is -0.229. The number of ether oxygens (including phenoxy) is 1. The van der Waals surface area contributed by atoms with Crippen LogP contribution in [0.25, 0.3) is 0 Å². The molecule has 2 rings (SSSR count). The summed E-state index contributed by atoms with van der Waals surface area (Å²) in [5, 5.41) is 2.91. The zero-order valence-corrected chi connectivity index (χ0v) is 13.9. The zero-order valence-electron chi connectivity index (χ0n) is 13.9. The van der Waals surface area contributed by atoms with Crippen LogP contribution in [-0.4, -0.2) is 48.5 Å². The van der Waals surface area contributed by atoms with Crippen molar-refractivity contribution in [3.63, 3.8) is 0 Å². The van der Waals surface area contributed by atoms with Crippen molar-refractivity contribution in [1.29, 1.82) is 0 Å². The number of nitrogens with zero attached hydrogens (tertiary/aromatic N) is 3. The summed E-state index contributed by atoms with van der Waals surface area (Å²) in [4.78, 5) is 22.4. The number of carbonyl (C=O) groups excluding carboxylic acids is 1. The maximum absolute atomic E-state index is 12.2. The molecule has 0 aliphatic carbocycles. The predicted molar refractivity (Wildman–Crippen MR) is 88.5 cm³/mol. The van der Waals surface area contributed by atoms with Gasteiger partial charge in [-0.2, -0.15) is 0 Å². The minimum absolute atomic E-state index is 0.0347. The highest BCUT2D eigenvalue weighted by atomic mass is 16.5. The summed E-state index contributed by atoms with van der Waals surface area (Å²) >= 11 is 0. The third-order valence-corrected chi connectivity index (χ3v) is 3.57. The number of likely N-dealkylation sites (N-methyl/N-ethyl adjacent to an activating group) is 1. The van der Waals surface area contributed by atoms with E-state index >= 15 is 0 Å². The molecular formula is C17H22N4O2. The lowest BCUT2D eigenvalue weighted by Crippen LogP contribution is -2.35. The lowest BCUT2D eigenvalue weighted by molar-refractivity contribution is 0.0936. The van der Waals surface area contributed by atoms with Crippen LogP contribution in [0.15, 0.2) is 36.7 Å². The van der Waals surface area contributed by atoms with Crippen LogP contribution in [-0.2, 0) is 0 Å². The fourth-order valence-electron chi connectivity index (χ4n) is 2.24. The van der Waals surface area contributed by atoms with Crippen molar-refractivity contribution in [1.82, 2.24) is 20.2 Å². The summed E-state index contributed by atoms with van der Waals surface area (Å²) in [7, 11) is 5.59. The number of rotatable bonds is 6. The molecule has 1 N–H and O–H groups in total. The lowest BCUT2D eigenvalue weighted by atomic mass is 10.1. The molecule has 6 heteroatoms. The molecule has 6 nitrogen and oxygen atoms in total. The number of carbonyl (C=O) groups is 1. The molecule has 0 radical (unpaired) electrons. The molecule has 1 amide bonds. The smallest absolute Gasteiger partial charge is 0.271 e. The van der Waals surface area contributed by atoms with E-state index in [1.807, 2.05) is 45.3 Å². The van der Waals surface area contributed by atoms with E-state index in [2.05, 4.69) is 20.2 Å². The van der Waals surface area contributed by atoms with E-state index in [1.54, 1.807) is 13.3 Å². The lowest BCUT2D eigenvalue weighted by Gasteiger charge is -2.25. The number of benzene rings is 1. The van der Waals surface area contributed by atoms with Crippen molar-refractivity contribution in [2.75, 3.05) is 27.7 Å². The molecule has 0 saturated heterocycles. The molecule has 0 aliphatic rings. The van der Waals surface area contributed by atoms with E-state index in [0.29, 0.717) is 12.2 Å². The predicted octanol–water partition coefficient (Wildman–Crippen LogP) is 1.83. The maximum atomic E-state index is 12.2. The molecule has 23 heavy (non-hydrogen) atoms. The molecule has 0 saturated carbocycles. The van der Waals surface area contributed by atoms with Crippen LogP contribution in [0.5, 0.6) is 5.75 Å². The highest BCUT2D eigenvalue weighted by molar-refractivity contribution is 5.91. The number of aryl methyl sites for hydroxylation is 1. The highest BCUT2D eigenvalue weighted by Crippen LogP contribution is 2.22. The molecule has 1 heterocycles. The first kappa shape index (κ1) is 16.9. The Morgan fingerprint density at radius 1 is 1.30 bits per heavy atom. The van der Waals surface area contributed by atoms with Gasteiger partial charge in [-0.25, -0.2) is 4.98 Å².